The summed E-state index contributed by atoms with van der Waals surface area (Å²) in [6.45, 7) is 6.26. The molecule has 0 bridgehead atoms. The van der Waals surface area contributed by atoms with Gasteiger partial charge in [0.2, 0.25) is 17.6 Å². The molecular weight excluding hydrogens is 374 g/mol. The highest BCUT2D eigenvalue weighted by molar-refractivity contribution is 6.32. The first-order chi connectivity index (χ1) is 13.6. The summed E-state index contributed by atoms with van der Waals surface area (Å²) >= 11 is 6.12. The molecule has 0 aliphatic heterocycles. The monoisotopic (exact) mass is 393 g/mol. The minimum atomic E-state index is -0.199. The summed E-state index contributed by atoms with van der Waals surface area (Å²) in [6.07, 6.45) is 4.81. The summed E-state index contributed by atoms with van der Waals surface area (Å²) in [5, 5.41) is 4.60. The molecule has 0 spiro atoms. The second-order valence-electron chi connectivity index (χ2n) is 6.24. The Morgan fingerprint density at radius 1 is 1.25 bits per heavy atom. The number of aromatic nitrogens is 2. The van der Waals surface area contributed by atoms with Crippen LogP contribution in [-0.2, 0) is 11.3 Å². The molecule has 0 atom stereocenters. The van der Waals surface area contributed by atoms with Gasteiger partial charge in [-0.1, -0.05) is 64.8 Å². The first-order valence-corrected chi connectivity index (χ1v) is 9.16. The third-order valence-corrected chi connectivity index (χ3v) is 4.39. The van der Waals surface area contributed by atoms with Gasteiger partial charge >= 0.3 is 0 Å². The third kappa shape index (κ3) is 4.96. The Hall–Kier alpha value is -3.18. The van der Waals surface area contributed by atoms with E-state index < -0.39 is 0 Å². The third-order valence-electron chi connectivity index (χ3n) is 4.04. The maximum absolute atomic E-state index is 12.6. The van der Waals surface area contributed by atoms with E-state index in [0.29, 0.717) is 23.3 Å². The van der Waals surface area contributed by atoms with E-state index in [9.17, 15) is 4.79 Å². The van der Waals surface area contributed by atoms with Crippen molar-refractivity contribution in [3.05, 3.63) is 89.3 Å². The zero-order chi connectivity index (χ0) is 19.9. The highest BCUT2D eigenvalue weighted by Crippen LogP contribution is 2.18. The van der Waals surface area contributed by atoms with E-state index in [2.05, 4.69) is 16.7 Å². The van der Waals surface area contributed by atoms with E-state index in [1.807, 2.05) is 49.4 Å². The average Bonchev–Trinajstić information content (AvgIpc) is 3.15. The van der Waals surface area contributed by atoms with Gasteiger partial charge in [-0.05, 0) is 30.7 Å². The minimum Gasteiger partial charge on any atom is -0.337 e. The SMILES string of the molecule is C=CCN(Cc1nc(-c2cccc(C)c2)no1)C(=O)/C=C/c1ccccc1Cl. The molecule has 1 amide bonds. The van der Waals surface area contributed by atoms with Crippen LogP contribution in [0.1, 0.15) is 17.0 Å². The second kappa shape index (κ2) is 9.15. The number of hydrogen-bond donors (Lipinski definition) is 0. The molecule has 5 nitrogen and oxygen atoms in total. The Morgan fingerprint density at radius 2 is 2.07 bits per heavy atom. The van der Waals surface area contributed by atoms with Gasteiger partial charge in [-0.3, -0.25) is 4.79 Å². The van der Waals surface area contributed by atoms with Gasteiger partial charge in [0.15, 0.2) is 0 Å². The largest absolute Gasteiger partial charge is 0.337 e. The molecule has 1 heterocycles. The quantitative estimate of drug-likeness (QED) is 0.422. The topological polar surface area (TPSA) is 59.2 Å². The van der Waals surface area contributed by atoms with Gasteiger partial charge in [0.1, 0.15) is 6.54 Å². The molecular formula is C22H20ClN3O2. The van der Waals surface area contributed by atoms with Crippen LogP contribution in [0.25, 0.3) is 17.5 Å². The Balaban J connectivity index is 1.73. The molecule has 0 aliphatic carbocycles. The number of benzene rings is 2. The number of carbonyl (C=O) groups is 1. The van der Waals surface area contributed by atoms with Crippen LogP contribution in [0.3, 0.4) is 0 Å². The number of rotatable bonds is 7. The lowest BCUT2D eigenvalue weighted by Crippen LogP contribution is -2.29. The zero-order valence-electron chi connectivity index (χ0n) is 15.5. The van der Waals surface area contributed by atoms with Gasteiger partial charge in [-0.15, -0.1) is 6.58 Å². The van der Waals surface area contributed by atoms with Crippen molar-refractivity contribution in [3.63, 3.8) is 0 Å². The van der Waals surface area contributed by atoms with Gasteiger partial charge in [0.25, 0.3) is 0 Å². The highest BCUT2D eigenvalue weighted by Gasteiger charge is 2.15. The lowest BCUT2D eigenvalue weighted by Gasteiger charge is -2.16. The van der Waals surface area contributed by atoms with Crippen molar-refractivity contribution in [1.82, 2.24) is 15.0 Å². The summed E-state index contributed by atoms with van der Waals surface area (Å²) in [7, 11) is 0. The van der Waals surface area contributed by atoms with Crippen LogP contribution in [0, 0.1) is 6.92 Å². The molecule has 2 aromatic carbocycles. The van der Waals surface area contributed by atoms with Crippen molar-refractivity contribution >= 4 is 23.6 Å². The van der Waals surface area contributed by atoms with Crippen molar-refractivity contribution in [2.45, 2.75) is 13.5 Å². The summed E-state index contributed by atoms with van der Waals surface area (Å²) in [5.74, 6) is 0.657. The predicted molar refractivity (Wildman–Crippen MR) is 111 cm³/mol. The number of carbonyl (C=O) groups excluding carboxylic acids is 1. The van der Waals surface area contributed by atoms with Gasteiger partial charge in [0.05, 0.1) is 0 Å². The molecule has 142 valence electrons. The zero-order valence-corrected chi connectivity index (χ0v) is 16.3. The van der Waals surface area contributed by atoms with Crippen LogP contribution < -0.4 is 0 Å². The van der Waals surface area contributed by atoms with Crippen molar-refractivity contribution in [3.8, 4) is 11.4 Å². The lowest BCUT2D eigenvalue weighted by atomic mass is 10.1. The fourth-order valence-electron chi connectivity index (χ4n) is 2.65. The number of hydrogen-bond acceptors (Lipinski definition) is 4. The standard InChI is InChI=1S/C22H20ClN3O2/c1-3-13-26(21(27)12-11-17-8-4-5-10-19(17)23)15-20-24-22(25-28-20)18-9-6-7-16(2)14-18/h3-12,14H,1,13,15H2,2H3/b12-11+. The molecule has 0 aliphatic rings. The fourth-order valence-corrected chi connectivity index (χ4v) is 2.85. The molecule has 3 aromatic rings. The normalized spacial score (nSPS) is 10.9. The van der Waals surface area contributed by atoms with Crippen molar-refractivity contribution in [2.24, 2.45) is 0 Å². The molecule has 3 rings (SSSR count). The molecule has 28 heavy (non-hydrogen) atoms. The molecule has 0 saturated carbocycles. The van der Waals surface area contributed by atoms with E-state index in [4.69, 9.17) is 16.1 Å². The molecule has 0 radical (unpaired) electrons. The highest BCUT2D eigenvalue weighted by atomic mass is 35.5. The van der Waals surface area contributed by atoms with Crippen LogP contribution in [0.15, 0.2) is 71.8 Å². The summed E-state index contributed by atoms with van der Waals surface area (Å²) in [5.41, 5.74) is 2.75. The molecule has 0 saturated heterocycles. The van der Waals surface area contributed by atoms with Crippen molar-refractivity contribution in [1.29, 1.82) is 0 Å². The van der Waals surface area contributed by atoms with E-state index in [-0.39, 0.29) is 12.5 Å². The van der Waals surface area contributed by atoms with Crippen LogP contribution in [-0.4, -0.2) is 27.5 Å². The van der Waals surface area contributed by atoms with Gasteiger partial charge in [-0.2, -0.15) is 4.98 Å². The van der Waals surface area contributed by atoms with Gasteiger partial charge in [-0.25, -0.2) is 0 Å². The lowest BCUT2D eigenvalue weighted by molar-refractivity contribution is -0.126. The summed E-state index contributed by atoms with van der Waals surface area (Å²) < 4.78 is 5.33. The van der Waals surface area contributed by atoms with Crippen LogP contribution >= 0.6 is 11.6 Å². The molecule has 0 fully saturated rings. The fraction of sp³-hybridized carbons (Fsp3) is 0.136. The Kier molecular flexibility index (Phi) is 6.40. The number of nitrogens with zero attached hydrogens (tertiary/aromatic N) is 3. The van der Waals surface area contributed by atoms with E-state index in [0.717, 1.165) is 16.7 Å². The number of amides is 1. The van der Waals surface area contributed by atoms with Crippen LogP contribution in [0.5, 0.6) is 0 Å². The van der Waals surface area contributed by atoms with E-state index in [1.54, 1.807) is 23.1 Å². The summed E-state index contributed by atoms with van der Waals surface area (Å²) in [6, 6.07) is 15.2. The number of aryl methyl sites for hydroxylation is 1. The number of halogens is 1. The second-order valence-corrected chi connectivity index (χ2v) is 6.65. The van der Waals surface area contributed by atoms with E-state index >= 15 is 0 Å². The van der Waals surface area contributed by atoms with Crippen LogP contribution in [0.4, 0.5) is 0 Å². The Bertz CT molecular complexity index is 1010. The molecule has 1 aromatic heterocycles. The molecule has 0 N–H and O–H groups in total. The minimum absolute atomic E-state index is 0.191. The first-order valence-electron chi connectivity index (χ1n) is 8.79. The van der Waals surface area contributed by atoms with Crippen molar-refractivity contribution in [2.75, 3.05) is 6.54 Å². The van der Waals surface area contributed by atoms with E-state index in [1.165, 1.54) is 6.08 Å². The summed E-state index contributed by atoms with van der Waals surface area (Å²) in [4.78, 5) is 18.6. The van der Waals surface area contributed by atoms with Crippen LogP contribution in [0.2, 0.25) is 5.02 Å². The van der Waals surface area contributed by atoms with Crippen molar-refractivity contribution < 1.29 is 9.32 Å². The Labute approximate surface area is 168 Å². The van der Waals surface area contributed by atoms with Gasteiger partial charge in [0, 0.05) is 23.2 Å². The molecule has 6 heteroatoms. The maximum atomic E-state index is 12.6. The predicted octanol–water partition coefficient (Wildman–Crippen LogP) is 4.93. The Morgan fingerprint density at radius 3 is 2.82 bits per heavy atom. The van der Waals surface area contributed by atoms with Gasteiger partial charge < -0.3 is 9.42 Å². The molecule has 0 unspecified atom stereocenters. The smallest absolute Gasteiger partial charge is 0.247 e. The average molecular weight is 394 g/mol. The first kappa shape index (κ1) is 19.6. The maximum Gasteiger partial charge on any atom is 0.247 e.